The minimum atomic E-state index is 0.186. The van der Waals surface area contributed by atoms with Crippen LogP contribution in [0.15, 0.2) is 24.3 Å². The van der Waals surface area contributed by atoms with Crippen LogP contribution in [0.4, 0.5) is 0 Å². The predicted octanol–water partition coefficient (Wildman–Crippen LogP) is 3.58. The van der Waals surface area contributed by atoms with Crippen LogP contribution in [0.1, 0.15) is 61.9 Å². The van der Waals surface area contributed by atoms with Gasteiger partial charge in [-0.05, 0) is 42.9 Å². The molecule has 0 atom stereocenters. The molecule has 116 valence electrons. The number of carbonyl (C=O) groups is 1. The zero-order valence-electron chi connectivity index (χ0n) is 13.3. The third-order valence-corrected chi connectivity index (χ3v) is 4.41. The molecule has 1 aromatic rings. The van der Waals surface area contributed by atoms with E-state index in [0.717, 1.165) is 36.9 Å². The summed E-state index contributed by atoms with van der Waals surface area (Å²) in [6.45, 7) is 5.83. The van der Waals surface area contributed by atoms with E-state index in [1.165, 1.54) is 12.8 Å². The van der Waals surface area contributed by atoms with Gasteiger partial charge in [0.2, 0.25) is 0 Å². The summed E-state index contributed by atoms with van der Waals surface area (Å²) in [6.07, 6.45) is 5.89. The summed E-state index contributed by atoms with van der Waals surface area (Å²) >= 11 is 0. The monoisotopic (exact) mass is 288 g/mol. The molecule has 0 aromatic heterocycles. The first-order valence-corrected chi connectivity index (χ1v) is 8.21. The number of hydrogen-bond donors (Lipinski definition) is 1. The van der Waals surface area contributed by atoms with Crippen molar-refractivity contribution in [1.29, 1.82) is 0 Å². The first kappa shape index (κ1) is 16.0. The maximum absolute atomic E-state index is 12.8. The van der Waals surface area contributed by atoms with Gasteiger partial charge in [0.15, 0.2) is 0 Å². The van der Waals surface area contributed by atoms with Gasteiger partial charge in [-0.25, -0.2) is 0 Å². The van der Waals surface area contributed by atoms with Crippen LogP contribution in [0, 0.1) is 5.92 Å². The van der Waals surface area contributed by atoms with Crippen LogP contribution in [0.3, 0.4) is 0 Å². The lowest BCUT2D eigenvalue weighted by Gasteiger charge is -2.30. The molecule has 3 nitrogen and oxygen atoms in total. The minimum Gasteiger partial charge on any atom is -0.336 e. The Morgan fingerprint density at radius 3 is 2.38 bits per heavy atom. The molecule has 1 saturated carbocycles. The predicted molar refractivity (Wildman–Crippen MR) is 87.1 cm³/mol. The maximum Gasteiger partial charge on any atom is 0.254 e. The Morgan fingerprint density at radius 1 is 1.24 bits per heavy atom. The fraction of sp³-hybridized carbons (Fsp3) is 0.611. The smallest absolute Gasteiger partial charge is 0.254 e. The average molecular weight is 288 g/mol. The number of nitrogens with zero attached hydrogens (tertiary/aromatic N) is 1. The van der Waals surface area contributed by atoms with Gasteiger partial charge >= 0.3 is 0 Å². The van der Waals surface area contributed by atoms with Gasteiger partial charge in [0, 0.05) is 24.7 Å². The standard InChI is InChI=1S/C18H28N2O/c1-14(2)11-12-20(17-5-3-4-6-17)18(21)16-9-7-15(13-19)8-10-16/h7-10,14,17H,3-6,11-13,19H2,1-2H3. The Morgan fingerprint density at radius 2 is 1.86 bits per heavy atom. The van der Waals surface area contributed by atoms with E-state index in [0.29, 0.717) is 18.5 Å². The Balaban J connectivity index is 2.11. The Kier molecular flexibility index (Phi) is 5.80. The summed E-state index contributed by atoms with van der Waals surface area (Å²) in [7, 11) is 0. The Hall–Kier alpha value is -1.35. The van der Waals surface area contributed by atoms with E-state index in [2.05, 4.69) is 18.7 Å². The van der Waals surface area contributed by atoms with Gasteiger partial charge in [-0.15, -0.1) is 0 Å². The number of hydrogen-bond acceptors (Lipinski definition) is 2. The van der Waals surface area contributed by atoms with Gasteiger partial charge in [-0.2, -0.15) is 0 Å². The highest BCUT2D eigenvalue weighted by molar-refractivity contribution is 5.94. The second kappa shape index (κ2) is 7.60. The van der Waals surface area contributed by atoms with Crippen molar-refractivity contribution < 1.29 is 4.79 Å². The van der Waals surface area contributed by atoms with Crippen LogP contribution >= 0.6 is 0 Å². The number of benzene rings is 1. The molecule has 21 heavy (non-hydrogen) atoms. The third-order valence-electron chi connectivity index (χ3n) is 4.41. The zero-order chi connectivity index (χ0) is 15.2. The van der Waals surface area contributed by atoms with Crippen molar-refractivity contribution in [3.05, 3.63) is 35.4 Å². The molecule has 1 fully saturated rings. The van der Waals surface area contributed by atoms with Gasteiger partial charge in [-0.3, -0.25) is 4.79 Å². The van der Waals surface area contributed by atoms with E-state index in [1.54, 1.807) is 0 Å². The van der Waals surface area contributed by atoms with Gasteiger partial charge in [0.05, 0.1) is 0 Å². The number of nitrogens with two attached hydrogens (primary N) is 1. The molecule has 2 rings (SSSR count). The first-order valence-electron chi connectivity index (χ1n) is 8.21. The van der Waals surface area contributed by atoms with Crippen LogP contribution in [0.5, 0.6) is 0 Å². The zero-order valence-corrected chi connectivity index (χ0v) is 13.3. The molecular weight excluding hydrogens is 260 g/mol. The lowest BCUT2D eigenvalue weighted by Crippen LogP contribution is -2.40. The summed E-state index contributed by atoms with van der Waals surface area (Å²) in [5.41, 5.74) is 7.49. The quantitative estimate of drug-likeness (QED) is 0.869. The number of amides is 1. The third kappa shape index (κ3) is 4.31. The molecule has 0 spiro atoms. The molecule has 1 aliphatic carbocycles. The van der Waals surface area contributed by atoms with Gasteiger partial charge in [-0.1, -0.05) is 38.8 Å². The van der Waals surface area contributed by atoms with Crippen molar-refractivity contribution in [3.63, 3.8) is 0 Å². The molecular formula is C18H28N2O. The highest BCUT2D eigenvalue weighted by Gasteiger charge is 2.27. The fourth-order valence-corrected chi connectivity index (χ4v) is 3.01. The summed E-state index contributed by atoms with van der Waals surface area (Å²) in [5.74, 6) is 0.812. The van der Waals surface area contributed by atoms with Crippen molar-refractivity contribution in [3.8, 4) is 0 Å². The molecule has 0 aliphatic heterocycles. The molecule has 2 N–H and O–H groups in total. The van der Waals surface area contributed by atoms with Gasteiger partial charge < -0.3 is 10.6 Å². The van der Waals surface area contributed by atoms with Crippen molar-refractivity contribution in [2.75, 3.05) is 6.54 Å². The molecule has 0 unspecified atom stereocenters. The minimum absolute atomic E-state index is 0.186. The van der Waals surface area contributed by atoms with Crippen LogP contribution < -0.4 is 5.73 Å². The van der Waals surface area contributed by atoms with Crippen LogP contribution in [-0.2, 0) is 6.54 Å². The molecule has 1 aromatic carbocycles. The highest BCUT2D eigenvalue weighted by Crippen LogP contribution is 2.25. The highest BCUT2D eigenvalue weighted by atomic mass is 16.2. The van der Waals surface area contributed by atoms with Crippen LogP contribution in [-0.4, -0.2) is 23.4 Å². The van der Waals surface area contributed by atoms with E-state index in [9.17, 15) is 4.79 Å². The van der Waals surface area contributed by atoms with E-state index in [1.807, 2.05) is 24.3 Å². The second-order valence-electron chi connectivity index (χ2n) is 6.52. The van der Waals surface area contributed by atoms with Gasteiger partial charge in [0.1, 0.15) is 0 Å². The van der Waals surface area contributed by atoms with Crippen LogP contribution in [0.2, 0.25) is 0 Å². The van der Waals surface area contributed by atoms with Crippen molar-refractivity contribution in [1.82, 2.24) is 4.90 Å². The topological polar surface area (TPSA) is 46.3 Å². The first-order chi connectivity index (χ1) is 10.1. The van der Waals surface area contributed by atoms with Crippen molar-refractivity contribution >= 4 is 5.91 Å². The summed E-state index contributed by atoms with van der Waals surface area (Å²) in [4.78, 5) is 15.0. The maximum atomic E-state index is 12.8. The Labute approximate surface area is 128 Å². The van der Waals surface area contributed by atoms with E-state index < -0.39 is 0 Å². The largest absolute Gasteiger partial charge is 0.336 e. The van der Waals surface area contributed by atoms with Crippen molar-refractivity contribution in [2.24, 2.45) is 11.7 Å². The Bertz CT molecular complexity index is 447. The number of carbonyl (C=O) groups excluding carboxylic acids is 1. The SMILES string of the molecule is CC(C)CCN(C(=O)c1ccc(CN)cc1)C1CCCC1. The second-order valence-corrected chi connectivity index (χ2v) is 6.52. The molecule has 0 heterocycles. The lowest BCUT2D eigenvalue weighted by atomic mass is 10.1. The van der Waals surface area contributed by atoms with Gasteiger partial charge in [0.25, 0.3) is 5.91 Å². The molecule has 1 aliphatic rings. The molecule has 3 heteroatoms. The van der Waals surface area contributed by atoms with E-state index in [-0.39, 0.29) is 5.91 Å². The summed E-state index contributed by atoms with van der Waals surface area (Å²) in [5, 5.41) is 0. The lowest BCUT2D eigenvalue weighted by molar-refractivity contribution is 0.0672. The molecule has 1 amide bonds. The van der Waals surface area contributed by atoms with Crippen LogP contribution in [0.25, 0.3) is 0 Å². The number of rotatable bonds is 6. The summed E-state index contributed by atoms with van der Waals surface area (Å²) in [6, 6.07) is 8.19. The summed E-state index contributed by atoms with van der Waals surface area (Å²) < 4.78 is 0. The average Bonchev–Trinajstić information content (AvgIpc) is 3.01. The van der Waals surface area contributed by atoms with Crippen molar-refractivity contribution in [2.45, 2.75) is 58.5 Å². The normalized spacial score (nSPS) is 15.6. The van der Waals surface area contributed by atoms with E-state index >= 15 is 0 Å². The fourth-order valence-electron chi connectivity index (χ4n) is 3.01. The van der Waals surface area contributed by atoms with E-state index in [4.69, 9.17) is 5.73 Å². The molecule has 0 saturated heterocycles. The molecule has 0 radical (unpaired) electrons. The molecule has 0 bridgehead atoms.